The third-order valence-electron chi connectivity index (χ3n) is 5.25. The fourth-order valence-electron chi connectivity index (χ4n) is 3.70. The van der Waals surface area contributed by atoms with Crippen LogP contribution in [0.1, 0.15) is 43.6 Å². The molecule has 2 unspecified atom stereocenters. The number of rotatable bonds is 8. The predicted molar refractivity (Wildman–Crippen MR) is 116 cm³/mol. The Morgan fingerprint density at radius 3 is 2.79 bits per heavy atom. The Morgan fingerprint density at radius 1 is 1.34 bits per heavy atom. The highest BCUT2D eigenvalue weighted by Gasteiger charge is 2.28. The van der Waals surface area contributed by atoms with Crippen LogP contribution in [-0.2, 0) is 22.4 Å². The monoisotopic (exact) mass is 415 g/mol. The van der Waals surface area contributed by atoms with Crippen molar-refractivity contribution in [1.29, 1.82) is 0 Å². The summed E-state index contributed by atoms with van der Waals surface area (Å²) < 4.78 is 4.96. The van der Waals surface area contributed by atoms with Crippen LogP contribution in [0.4, 0.5) is 5.82 Å². The molecule has 1 N–H and O–H groups in total. The fourth-order valence-corrected chi connectivity index (χ4v) is 4.47. The maximum Gasteiger partial charge on any atom is 0.238 e. The Balaban J connectivity index is 1.55. The molecule has 0 radical (unpaired) electrons. The summed E-state index contributed by atoms with van der Waals surface area (Å²) in [7, 11) is 0. The number of amides is 2. The minimum Gasteiger partial charge on any atom is -0.360 e. The summed E-state index contributed by atoms with van der Waals surface area (Å²) in [4.78, 5) is 27.3. The summed E-state index contributed by atoms with van der Waals surface area (Å²) in [6.45, 7) is 6.43. The zero-order valence-electron chi connectivity index (χ0n) is 17.3. The SMILES string of the molecule is CCCN(C(=O)CSC(C)C(=O)Nc1cc(C)on1)C1CCc2ccccc2C1. The first-order chi connectivity index (χ1) is 14.0. The van der Waals surface area contributed by atoms with Crippen LogP contribution in [0.5, 0.6) is 0 Å². The molecule has 2 atom stereocenters. The van der Waals surface area contributed by atoms with Gasteiger partial charge in [-0.1, -0.05) is 36.3 Å². The van der Waals surface area contributed by atoms with Crippen molar-refractivity contribution in [3.05, 3.63) is 47.2 Å². The highest BCUT2D eigenvalue weighted by atomic mass is 32.2. The van der Waals surface area contributed by atoms with Crippen LogP contribution in [0, 0.1) is 6.92 Å². The summed E-state index contributed by atoms with van der Waals surface area (Å²) >= 11 is 1.36. The lowest BCUT2D eigenvalue weighted by atomic mass is 9.87. The summed E-state index contributed by atoms with van der Waals surface area (Å²) in [5, 5.41) is 6.14. The zero-order chi connectivity index (χ0) is 20.8. The number of hydrogen-bond donors (Lipinski definition) is 1. The third-order valence-corrected chi connectivity index (χ3v) is 6.38. The largest absolute Gasteiger partial charge is 0.360 e. The first-order valence-electron chi connectivity index (χ1n) is 10.2. The maximum atomic E-state index is 13.0. The van der Waals surface area contributed by atoms with Crippen molar-refractivity contribution in [2.45, 2.75) is 57.7 Å². The van der Waals surface area contributed by atoms with Crippen molar-refractivity contribution >= 4 is 29.4 Å². The van der Waals surface area contributed by atoms with E-state index < -0.39 is 0 Å². The molecule has 2 aromatic rings. The lowest BCUT2D eigenvalue weighted by molar-refractivity contribution is -0.130. The van der Waals surface area contributed by atoms with E-state index in [2.05, 4.69) is 41.7 Å². The highest BCUT2D eigenvalue weighted by molar-refractivity contribution is 8.01. The number of aromatic nitrogens is 1. The van der Waals surface area contributed by atoms with Crippen LogP contribution in [-0.4, -0.2) is 45.5 Å². The molecule has 3 rings (SSSR count). The van der Waals surface area contributed by atoms with Gasteiger partial charge in [0, 0.05) is 18.7 Å². The van der Waals surface area contributed by atoms with Crippen molar-refractivity contribution in [2.75, 3.05) is 17.6 Å². The van der Waals surface area contributed by atoms with Crippen molar-refractivity contribution in [2.24, 2.45) is 0 Å². The summed E-state index contributed by atoms with van der Waals surface area (Å²) in [5.41, 5.74) is 2.75. The van der Waals surface area contributed by atoms with E-state index in [1.54, 1.807) is 19.9 Å². The second-order valence-electron chi connectivity index (χ2n) is 7.52. The average Bonchev–Trinajstić information content (AvgIpc) is 3.14. The van der Waals surface area contributed by atoms with Crippen LogP contribution < -0.4 is 5.32 Å². The second kappa shape index (κ2) is 9.96. The topological polar surface area (TPSA) is 75.4 Å². The molecule has 0 saturated carbocycles. The molecule has 0 aliphatic heterocycles. The van der Waals surface area contributed by atoms with E-state index in [1.165, 1.54) is 22.9 Å². The number of aryl methyl sites for hydroxylation is 2. The lowest BCUT2D eigenvalue weighted by Gasteiger charge is -2.35. The van der Waals surface area contributed by atoms with Gasteiger partial charge in [-0.15, -0.1) is 11.8 Å². The average molecular weight is 416 g/mol. The number of carbonyl (C=O) groups is 2. The molecule has 0 bridgehead atoms. The van der Waals surface area contributed by atoms with E-state index in [9.17, 15) is 9.59 Å². The molecule has 0 spiro atoms. The molecule has 1 aliphatic carbocycles. The first kappa shape index (κ1) is 21.4. The van der Waals surface area contributed by atoms with Gasteiger partial charge in [0.15, 0.2) is 5.82 Å². The van der Waals surface area contributed by atoms with Gasteiger partial charge < -0.3 is 14.7 Å². The molecule has 6 nitrogen and oxygen atoms in total. The van der Waals surface area contributed by atoms with Crippen LogP contribution >= 0.6 is 11.8 Å². The third kappa shape index (κ3) is 5.63. The maximum absolute atomic E-state index is 13.0. The van der Waals surface area contributed by atoms with Gasteiger partial charge in [0.25, 0.3) is 0 Å². The number of benzene rings is 1. The Morgan fingerprint density at radius 2 is 2.10 bits per heavy atom. The molecule has 1 aliphatic rings. The fraction of sp³-hybridized carbons (Fsp3) is 0.500. The Kier molecular flexibility index (Phi) is 7.36. The minimum atomic E-state index is -0.355. The number of nitrogens with zero attached hydrogens (tertiary/aromatic N) is 2. The van der Waals surface area contributed by atoms with E-state index in [4.69, 9.17) is 4.52 Å². The quantitative estimate of drug-likeness (QED) is 0.709. The van der Waals surface area contributed by atoms with Gasteiger partial charge in [-0.3, -0.25) is 9.59 Å². The minimum absolute atomic E-state index is 0.109. The van der Waals surface area contributed by atoms with E-state index in [1.807, 2.05) is 4.90 Å². The molecular weight excluding hydrogens is 386 g/mol. The van der Waals surface area contributed by atoms with Crippen molar-refractivity contribution in [1.82, 2.24) is 10.1 Å². The van der Waals surface area contributed by atoms with Gasteiger partial charge in [-0.25, -0.2) is 0 Å². The molecule has 2 amide bonds. The number of nitrogens with one attached hydrogen (secondary N) is 1. The number of carbonyl (C=O) groups excluding carboxylic acids is 2. The Bertz CT molecular complexity index is 851. The van der Waals surface area contributed by atoms with Crippen LogP contribution in [0.3, 0.4) is 0 Å². The van der Waals surface area contributed by atoms with Crippen molar-refractivity contribution in [3.63, 3.8) is 0 Å². The van der Waals surface area contributed by atoms with Crippen LogP contribution in [0.15, 0.2) is 34.9 Å². The molecular formula is C22H29N3O3S. The van der Waals surface area contributed by atoms with Gasteiger partial charge in [0.1, 0.15) is 5.76 Å². The molecule has 1 aromatic carbocycles. The molecule has 29 heavy (non-hydrogen) atoms. The number of thioether (sulfide) groups is 1. The van der Waals surface area contributed by atoms with Crippen molar-refractivity contribution < 1.29 is 14.1 Å². The Hall–Kier alpha value is -2.28. The zero-order valence-corrected chi connectivity index (χ0v) is 18.1. The summed E-state index contributed by atoms with van der Waals surface area (Å²) in [6, 6.07) is 10.4. The lowest BCUT2D eigenvalue weighted by Crippen LogP contribution is -2.45. The first-order valence-corrected chi connectivity index (χ1v) is 11.2. The van der Waals surface area contributed by atoms with Gasteiger partial charge in [0.05, 0.1) is 11.0 Å². The highest BCUT2D eigenvalue weighted by Crippen LogP contribution is 2.25. The molecule has 156 valence electrons. The van der Waals surface area contributed by atoms with E-state index in [0.717, 1.165) is 32.2 Å². The standard InChI is InChI=1S/C22H29N3O3S/c1-4-11-25(19-10-9-17-7-5-6-8-18(17)13-19)21(26)14-29-16(3)22(27)23-20-12-15(2)28-24-20/h5-8,12,16,19H,4,9-11,13-14H2,1-3H3,(H,23,24,27). The molecule has 0 saturated heterocycles. The molecule has 0 fully saturated rings. The van der Waals surface area contributed by atoms with Crippen LogP contribution in [0.25, 0.3) is 0 Å². The molecule has 1 heterocycles. The predicted octanol–water partition coefficient (Wildman–Crippen LogP) is 3.84. The summed E-state index contributed by atoms with van der Waals surface area (Å²) in [6.07, 6.45) is 3.84. The number of anilines is 1. The normalized spacial score (nSPS) is 16.7. The van der Waals surface area contributed by atoms with Gasteiger partial charge in [-0.05, 0) is 50.7 Å². The van der Waals surface area contributed by atoms with Gasteiger partial charge >= 0.3 is 0 Å². The van der Waals surface area contributed by atoms with Crippen molar-refractivity contribution in [3.8, 4) is 0 Å². The number of hydrogen-bond acceptors (Lipinski definition) is 5. The molecule has 7 heteroatoms. The molecule has 1 aromatic heterocycles. The number of fused-ring (bicyclic) bond motifs is 1. The van der Waals surface area contributed by atoms with Crippen LogP contribution in [0.2, 0.25) is 0 Å². The smallest absolute Gasteiger partial charge is 0.238 e. The van der Waals surface area contributed by atoms with Gasteiger partial charge in [0.2, 0.25) is 11.8 Å². The second-order valence-corrected chi connectivity index (χ2v) is 8.85. The Labute approximate surface area is 176 Å². The summed E-state index contributed by atoms with van der Waals surface area (Å²) in [5.74, 6) is 1.27. The van der Waals surface area contributed by atoms with E-state index in [-0.39, 0.29) is 23.1 Å². The van der Waals surface area contributed by atoms with E-state index >= 15 is 0 Å². The van der Waals surface area contributed by atoms with E-state index in [0.29, 0.717) is 17.3 Å². The van der Waals surface area contributed by atoms with Gasteiger partial charge in [-0.2, -0.15) is 0 Å².